The van der Waals surface area contributed by atoms with E-state index in [0.717, 1.165) is 0 Å². The highest BCUT2D eigenvalue weighted by Gasteiger charge is 2.17. The van der Waals surface area contributed by atoms with Crippen LogP contribution < -0.4 is 5.32 Å². The van der Waals surface area contributed by atoms with E-state index in [1.165, 1.54) is 12.1 Å². The van der Waals surface area contributed by atoms with E-state index < -0.39 is 16.6 Å². The van der Waals surface area contributed by atoms with Crippen LogP contribution >= 0.6 is 22.6 Å². The number of benzene rings is 1. The minimum atomic E-state index is -0.640. The second-order valence-electron chi connectivity index (χ2n) is 4.58. The number of nitro benzene ring substituents is 1. The number of rotatable bonds is 2. The minimum Gasteiger partial charge on any atom is -0.444 e. The number of anilines is 1. The Kier molecular flexibility index (Phi) is 4.49. The Bertz CT molecular complexity index is 482. The molecule has 0 radical (unpaired) electrons. The van der Waals surface area contributed by atoms with E-state index in [2.05, 4.69) is 5.32 Å². The molecular formula is C11H13IN2O4. The molecule has 0 aliphatic carbocycles. The van der Waals surface area contributed by atoms with Crippen LogP contribution in [0.5, 0.6) is 0 Å². The lowest BCUT2D eigenvalue weighted by Crippen LogP contribution is -2.27. The van der Waals surface area contributed by atoms with Gasteiger partial charge in [-0.1, -0.05) is 0 Å². The maximum atomic E-state index is 11.5. The zero-order chi connectivity index (χ0) is 13.9. The molecule has 0 aliphatic rings. The smallest absolute Gasteiger partial charge is 0.412 e. The van der Waals surface area contributed by atoms with E-state index in [4.69, 9.17) is 4.74 Å². The molecule has 6 nitrogen and oxygen atoms in total. The van der Waals surface area contributed by atoms with Gasteiger partial charge >= 0.3 is 6.09 Å². The molecule has 0 aliphatic heterocycles. The monoisotopic (exact) mass is 364 g/mol. The van der Waals surface area contributed by atoms with Crippen molar-refractivity contribution in [1.82, 2.24) is 0 Å². The van der Waals surface area contributed by atoms with Gasteiger partial charge < -0.3 is 4.74 Å². The number of carbonyl (C=O) groups excluding carboxylic acids is 1. The topological polar surface area (TPSA) is 81.5 Å². The van der Waals surface area contributed by atoms with E-state index in [1.807, 2.05) is 22.6 Å². The molecule has 1 N–H and O–H groups in total. The maximum absolute atomic E-state index is 11.5. The van der Waals surface area contributed by atoms with Gasteiger partial charge in [0.1, 0.15) is 5.60 Å². The molecule has 7 heteroatoms. The molecule has 18 heavy (non-hydrogen) atoms. The summed E-state index contributed by atoms with van der Waals surface area (Å²) in [6, 6.07) is 4.32. The number of amides is 1. The van der Waals surface area contributed by atoms with E-state index in [-0.39, 0.29) is 5.69 Å². The summed E-state index contributed by atoms with van der Waals surface area (Å²) in [7, 11) is 0. The fraction of sp³-hybridized carbons (Fsp3) is 0.364. The summed E-state index contributed by atoms with van der Waals surface area (Å²) in [5, 5.41) is 13.1. The van der Waals surface area contributed by atoms with Gasteiger partial charge in [-0.2, -0.15) is 0 Å². The van der Waals surface area contributed by atoms with Crippen molar-refractivity contribution in [2.75, 3.05) is 5.32 Å². The highest BCUT2D eigenvalue weighted by atomic mass is 127. The highest BCUT2D eigenvalue weighted by Crippen LogP contribution is 2.22. The van der Waals surface area contributed by atoms with Gasteiger partial charge in [0.05, 0.1) is 10.6 Å². The Morgan fingerprint density at radius 2 is 2.00 bits per heavy atom. The van der Waals surface area contributed by atoms with Crippen molar-refractivity contribution in [1.29, 1.82) is 0 Å². The van der Waals surface area contributed by atoms with Crippen molar-refractivity contribution in [3.05, 3.63) is 31.9 Å². The predicted octanol–water partition coefficient (Wildman–Crippen LogP) is 3.55. The van der Waals surface area contributed by atoms with Gasteiger partial charge in [-0.05, 0) is 49.4 Å². The summed E-state index contributed by atoms with van der Waals surface area (Å²) in [6.07, 6.45) is -0.640. The van der Waals surface area contributed by atoms with Crippen molar-refractivity contribution in [3.8, 4) is 0 Å². The molecule has 0 heterocycles. The molecule has 0 atom stereocenters. The van der Waals surface area contributed by atoms with Gasteiger partial charge in [-0.25, -0.2) is 4.79 Å². The van der Waals surface area contributed by atoms with Gasteiger partial charge in [0.25, 0.3) is 5.69 Å². The number of halogens is 1. The van der Waals surface area contributed by atoms with Gasteiger partial charge in [0, 0.05) is 15.7 Å². The first-order valence-electron chi connectivity index (χ1n) is 5.12. The fourth-order valence-electron chi connectivity index (χ4n) is 1.17. The Labute approximate surface area is 118 Å². The molecule has 0 spiro atoms. The van der Waals surface area contributed by atoms with Gasteiger partial charge in [-0.15, -0.1) is 0 Å². The minimum absolute atomic E-state index is 0.0760. The van der Waals surface area contributed by atoms with Gasteiger partial charge in [0.15, 0.2) is 0 Å². The first-order valence-corrected chi connectivity index (χ1v) is 6.20. The summed E-state index contributed by atoms with van der Waals surface area (Å²) < 4.78 is 5.72. The van der Waals surface area contributed by atoms with Crippen LogP contribution in [0.4, 0.5) is 16.2 Å². The number of nitro groups is 1. The molecule has 1 rings (SSSR count). The number of nitrogens with zero attached hydrogens (tertiary/aromatic N) is 1. The van der Waals surface area contributed by atoms with Crippen LogP contribution in [0.3, 0.4) is 0 Å². The SMILES string of the molecule is CC(C)(C)OC(=O)Nc1cc(I)cc([N+](=O)[O-])c1. The van der Waals surface area contributed by atoms with Crippen molar-refractivity contribution in [2.24, 2.45) is 0 Å². The summed E-state index contributed by atoms with van der Waals surface area (Å²) >= 11 is 1.94. The number of non-ortho nitro benzene ring substituents is 1. The second kappa shape index (κ2) is 5.51. The van der Waals surface area contributed by atoms with E-state index >= 15 is 0 Å². The molecule has 98 valence electrons. The molecule has 0 saturated heterocycles. The van der Waals surface area contributed by atoms with E-state index in [1.54, 1.807) is 26.8 Å². The summed E-state index contributed by atoms with van der Waals surface area (Å²) in [5.74, 6) is 0. The van der Waals surface area contributed by atoms with Crippen LogP contribution in [0, 0.1) is 13.7 Å². The molecular weight excluding hydrogens is 351 g/mol. The highest BCUT2D eigenvalue weighted by molar-refractivity contribution is 14.1. The van der Waals surface area contributed by atoms with Gasteiger partial charge in [0.2, 0.25) is 0 Å². The first kappa shape index (κ1) is 14.7. The number of carbonyl (C=O) groups is 1. The zero-order valence-corrected chi connectivity index (χ0v) is 12.3. The molecule has 0 bridgehead atoms. The predicted molar refractivity (Wildman–Crippen MR) is 75.7 cm³/mol. The van der Waals surface area contributed by atoms with Crippen LogP contribution in [-0.2, 0) is 4.74 Å². The average Bonchev–Trinajstić information content (AvgIpc) is 2.12. The largest absolute Gasteiger partial charge is 0.444 e. The van der Waals surface area contributed by atoms with Crippen molar-refractivity contribution in [3.63, 3.8) is 0 Å². The molecule has 0 fully saturated rings. The Morgan fingerprint density at radius 3 is 2.50 bits per heavy atom. The van der Waals surface area contributed by atoms with Crippen LogP contribution in [0.25, 0.3) is 0 Å². The normalized spacial score (nSPS) is 10.9. The zero-order valence-electron chi connectivity index (χ0n) is 10.2. The third-order valence-corrected chi connectivity index (χ3v) is 2.36. The first-order chi connectivity index (χ1) is 8.17. The van der Waals surface area contributed by atoms with E-state index in [9.17, 15) is 14.9 Å². The molecule has 0 aromatic heterocycles. The Morgan fingerprint density at radius 1 is 1.39 bits per heavy atom. The lowest BCUT2D eigenvalue weighted by molar-refractivity contribution is -0.384. The summed E-state index contributed by atoms with van der Waals surface area (Å²) in [6.45, 7) is 5.22. The number of nitrogens with one attached hydrogen (secondary N) is 1. The third-order valence-electron chi connectivity index (χ3n) is 1.74. The molecule has 1 aromatic carbocycles. The maximum Gasteiger partial charge on any atom is 0.412 e. The van der Waals surface area contributed by atoms with Crippen molar-refractivity contribution < 1.29 is 14.5 Å². The summed E-state index contributed by atoms with van der Waals surface area (Å²) in [5.41, 5.74) is -0.353. The standard InChI is InChI=1S/C11H13IN2O4/c1-11(2,3)18-10(15)13-8-4-7(12)5-9(6-8)14(16)17/h4-6H,1-3H3,(H,13,15). The summed E-state index contributed by atoms with van der Waals surface area (Å²) in [4.78, 5) is 21.7. The third kappa shape index (κ3) is 4.86. The quantitative estimate of drug-likeness (QED) is 0.494. The Hall–Kier alpha value is -1.38. The fourth-order valence-corrected chi connectivity index (χ4v) is 1.83. The van der Waals surface area contributed by atoms with Crippen LogP contribution in [0.15, 0.2) is 18.2 Å². The lowest BCUT2D eigenvalue weighted by atomic mass is 10.2. The van der Waals surface area contributed by atoms with Crippen LogP contribution in [-0.4, -0.2) is 16.6 Å². The molecule has 1 amide bonds. The van der Waals surface area contributed by atoms with E-state index in [0.29, 0.717) is 9.26 Å². The second-order valence-corrected chi connectivity index (χ2v) is 5.83. The average molecular weight is 364 g/mol. The van der Waals surface area contributed by atoms with Crippen LogP contribution in [0.2, 0.25) is 0 Å². The Balaban J connectivity index is 2.85. The number of hydrogen-bond donors (Lipinski definition) is 1. The van der Waals surface area contributed by atoms with Crippen LogP contribution in [0.1, 0.15) is 20.8 Å². The van der Waals surface area contributed by atoms with Gasteiger partial charge in [-0.3, -0.25) is 15.4 Å². The number of ether oxygens (including phenoxy) is 1. The molecule has 1 aromatic rings. The molecule has 0 unspecified atom stereocenters. The molecule has 0 saturated carbocycles. The number of hydrogen-bond acceptors (Lipinski definition) is 4. The van der Waals surface area contributed by atoms with Crippen molar-refractivity contribution >= 4 is 40.1 Å². The van der Waals surface area contributed by atoms with Crippen molar-refractivity contribution in [2.45, 2.75) is 26.4 Å². The lowest BCUT2D eigenvalue weighted by Gasteiger charge is -2.19.